The highest BCUT2D eigenvalue weighted by molar-refractivity contribution is 7.98. The number of ether oxygens (including phenoxy) is 1. The summed E-state index contributed by atoms with van der Waals surface area (Å²) in [6, 6.07) is 7.04. The lowest BCUT2D eigenvalue weighted by atomic mass is 9.74. The van der Waals surface area contributed by atoms with E-state index in [0.29, 0.717) is 18.2 Å². The molecule has 1 aromatic rings. The zero-order valence-electron chi connectivity index (χ0n) is 21.4. The minimum Gasteiger partial charge on any atom is -0.359 e. The van der Waals surface area contributed by atoms with Gasteiger partial charge in [-0.15, -0.1) is 11.8 Å². The molecule has 194 valence electrons. The third-order valence-corrected chi connectivity index (χ3v) is 8.89. The number of hydrogen-bond acceptors (Lipinski definition) is 5. The molecule has 0 aromatic heterocycles. The first kappa shape index (κ1) is 25.3. The monoisotopic (exact) mass is 511 g/mol. The number of rotatable bonds is 8. The van der Waals surface area contributed by atoms with Crippen molar-refractivity contribution in [3.63, 3.8) is 0 Å². The Labute approximate surface area is 217 Å². The van der Waals surface area contributed by atoms with Crippen LogP contribution in [0.4, 0.5) is 5.69 Å². The molecule has 2 saturated heterocycles. The lowest BCUT2D eigenvalue weighted by Gasteiger charge is -2.34. The molecule has 1 saturated carbocycles. The smallest absolute Gasteiger partial charge is 0.246 e. The van der Waals surface area contributed by atoms with Gasteiger partial charge in [0.05, 0.1) is 17.9 Å². The lowest BCUT2D eigenvalue weighted by molar-refractivity contribution is -0.141. The van der Waals surface area contributed by atoms with Crippen LogP contribution in [0.15, 0.2) is 41.3 Å². The minimum atomic E-state index is -1.10. The van der Waals surface area contributed by atoms with E-state index in [0.717, 1.165) is 37.0 Å². The van der Waals surface area contributed by atoms with E-state index in [4.69, 9.17) is 4.74 Å². The SMILES string of the molecule is CSc1cccc(NC(=O)[C@@H]2[C@H]3C=C[C@@]4(O3)[C@H]2C(=O)N(CCC(C)C)[C@@H]4C(=O)NC2CCCCC2)c1. The van der Waals surface area contributed by atoms with Crippen molar-refractivity contribution in [2.75, 3.05) is 18.1 Å². The van der Waals surface area contributed by atoms with Crippen LogP contribution in [0.2, 0.25) is 0 Å². The Bertz CT molecular complexity index is 1050. The Morgan fingerprint density at radius 2 is 1.97 bits per heavy atom. The minimum absolute atomic E-state index is 0.133. The number of hydrogen-bond donors (Lipinski definition) is 2. The third-order valence-electron chi connectivity index (χ3n) is 8.16. The summed E-state index contributed by atoms with van der Waals surface area (Å²) < 4.78 is 6.43. The number of nitrogens with zero attached hydrogens (tertiary/aromatic N) is 1. The fourth-order valence-electron chi connectivity index (χ4n) is 6.36. The molecule has 3 heterocycles. The van der Waals surface area contributed by atoms with E-state index in [1.165, 1.54) is 6.42 Å². The van der Waals surface area contributed by atoms with E-state index < -0.39 is 29.6 Å². The van der Waals surface area contributed by atoms with Crippen molar-refractivity contribution < 1.29 is 19.1 Å². The number of anilines is 1. The molecule has 1 spiro atoms. The maximum absolute atomic E-state index is 13.9. The number of carbonyl (C=O) groups excluding carboxylic acids is 3. The van der Waals surface area contributed by atoms with E-state index in [1.807, 2.05) is 42.7 Å². The number of thioether (sulfide) groups is 1. The van der Waals surface area contributed by atoms with Gasteiger partial charge in [0.1, 0.15) is 11.6 Å². The van der Waals surface area contributed by atoms with Gasteiger partial charge >= 0.3 is 0 Å². The first-order valence-electron chi connectivity index (χ1n) is 13.3. The second-order valence-corrected chi connectivity index (χ2v) is 11.9. The first-order chi connectivity index (χ1) is 17.3. The Morgan fingerprint density at radius 3 is 2.69 bits per heavy atom. The normalized spacial score (nSPS) is 31.2. The van der Waals surface area contributed by atoms with Gasteiger partial charge in [-0.3, -0.25) is 14.4 Å². The van der Waals surface area contributed by atoms with E-state index in [1.54, 1.807) is 16.7 Å². The van der Waals surface area contributed by atoms with E-state index in [9.17, 15) is 14.4 Å². The predicted octanol–water partition coefficient (Wildman–Crippen LogP) is 3.99. The van der Waals surface area contributed by atoms with Crippen LogP contribution in [0.1, 0.15) is 52.4 Å². The molecule has 1 aromatic carbocycles. The van der Waals surface area contributed by atoms with E-state index >= 15 is 0 Å². The van der Waals surface area contributed by atoms with Gasteiger partial charge in [-0.05, 0) is 49.6 Å². The van der Waals surface area contributed by atoms with Gasteiger partial charge in [0.2, 0.25) is 17.7 Å². The number of likely N-dealkylation sites (tertiary alicyclic amines) is 1. The highest BCUT2D eigenvalue weighted by Gasteiger charge is 2.72. The summed E-state index contributed by atoms with van der Waals surface area (Å²) in [7, 11) is 0. The van der Waals surface area contributed by atoms with Gasteiger partial charge in [-0.1, -0.05) is 51.3 Å². The van der Waals surface area contributed by atoms with Gasteiger partial charge in [0.15, 0.2) is 0 Å². The molecule has 7 nitrogen and oxygen atoms in total. The fraction of sp³-hybridized carbons (Fsp3) is 0.607. The largest absolute Gasteiger partial charge is 0.359 e. The van der Waals surface area contributed by atoms with Crippen molar-refractivity contribution in [3.8, 4) is 0 Å². The highest BCUT2D eigenvalue weighted by atomic mass is 32.2. The van der Waals surface area contributed by atoms with Crippen LogP contribution in [-0.2, 0) is 19.1 Å². The van der Waals surface area contributed by atoms with Crippen molar-refractivity contribution in [2.45, 2.75) is 81.1 Å². The summed E-state index contributed by atoms with van der Waals surface area (Å²) in [6.45, 7) is 4.69. The summed E-state index contributed by atoms with van der Waals surface area (Å²) in [5, 5.41) is 6.25. The van der Waals surface area contributed by atoms with Gasteiger partial charge in [0.25, 0.3) is 0 Å². The molecule has 5 rings (SSSR count). The third kappa shape index (κ3) is 4.47. The average molecular weight is 512 g/mol. The quantitative estimate of drug-likeness (QED) is 0.407. The number of amides is 3. The molecule has 5 atom stereocenters. The molecule has 1 aliphatic carbocycles. The van der Waals surface area contributed by atoms with E-state index in [-0.39, 0.29) is 23.8 Å². The molecule has 2 bridgehead atoms. The number of benzene rings is 1. The second-order valence-electron chi connectivity index (χ2n) is 11.0. The molecule has 0 unspecified atom stereocenters. The van der Waals surface area contributed by atoms with Crippen molar-refractivity contribution >= 4 is 35.2 Å². The summed E-state index contributed by atoms with van der Waals surface area (Å²) in [5.41, 5.74) is -0.401. The molecular weight excluding hydrogens is 474 g/mol. The maximum Gasteiger partial charge on any atom is 0.246 e. The van der Waals surface area contributed by atoms with Crippen molar-refractivity contribution in [3.05, 3.63) is 36.4 Å². The summed E-state index contributed by atoms with van der Waals surface area (Å²) in [4.78, 5) is 44.0. The Hall–Kier alpha value is -2.32. The molecule has 2 N–H and O–H groups in total. The van der Waals surface area contributed by atoms with Crippen molar-refractivity contribution in [1.82, 2.24) is 10.2 Å². The van der Waals surface area contributed by atoms with Crippen LogP contribution in [0.5, 0.6) is 0 Å². The number of fused-ring (bicyclic) bond motifs is 1. The van der Waals surface area contributed by atoms with Gasteiger partial charge in [-0.2, -0.15) is 0 Å². The molecule has 36 heavy (non-hydrogen) atoms. The van der Waals surface area contributed by atoms with E-state index in [2.05, 4.69) is 24.5 Å². The standard InChI is InChI=1S/C28H37N3O4S/c1-17(2)13-15-31-24(26(33)29-18-8-5-4-6-9-18)28-14-12-21(35-28)22(23(28)27(31)34)25(32)30-19-10-7-11-20(16-19)36-3/h7,10-12,14,16-18,21-24H,4-6,8-9,13,15H2,1-3H3,(H,29,33)(H,30,32)/t21-,22-,23-,24-,28-/m1/s1. The average Bonchev–Trinajstić information content (AvgIpc) is 3.50. The second kappa shape index (κ2) is 10.2. The van der Waals surface area contributed by atoms with Crippen LogP contribution in [0.3, 0.4) is 0 Å². The van der Waals surface area contributed by atoms with Gasteiger partial charge in [-0.25, -0.2) is 0 Å². The van der Waals surface area contributed by atoms with Crippen LogP contribution < -0.4 is 10.6 Å². The maximum atomic E-state index is 13.9. The fourth-order valence-corrected chi connectivity index (χ4v) is 6.82. The Kier molecular flexibility index (Phi) is 7.18. The molecule has 3 amide bonds. The molecule has 0 radical (unpaired) electrons. The Morgan fingerprint density at radius 1 is 1.19 bits per heavy atom. The van der Waals surface area contributed by atoms with Crippen molar-refractivity contribution in [2.24, 2.45) is 17.8 Å². The zero-order valence-corrected chi connectivity index (χ0v) is 22.2. The van der Waals surface area contributed by atoms with Crippen molar-refractivity contribution in [1.29, 1.82) is 0 Å². The topological polar surface area (TPSA) is 87.7 Å². The highest BCUT2D eigenvalue weighted by Crippen LogP contribution is 2.55. The van der Waals surface area contributed by atoms with Crippen LogP contribution in [0.25, 0.3) is 0 Å². The number of carbonyl (C=O) groups is 3. The lowest BCUT2D eigenvalue weighted by Crippen LogP contribution is -2.56. The molecule has 4 aliphatic rings. The van der Waals surface area contributed by atoms with Gasteiger partial charge in [0, 0.05) is 23.2 Å². The summed E-state index contributed by atoms with van der Waals surface area (Å²) in [6.07, 6.45) is 11.4. The molecular formula is C28H37N3O4S. The molecule has 8 heteroatoms. The van der Waals surface area contributed by atoms with Gasteiger partial charge < -0.3 is 20.3 Å². The van der Waals surface area contributed by atoms with Crippen LogP contribution in [-0.4, -0.2) is 59.2 Å². The predicted molar refractivity (Wildman–Crippen MR) is 141 cm³/mol. The molecule has 3 aliphatic heterocycles. The number of nitrogens with one attached hydrogen (secondary N) is 2. The zero-order chi connectivity index (χ0) is 25.4. The summed E-state index contributed by atoms with van der Waals surface area (Å²) in [5.74, 6) is -1.53. The Balaban J connectivity index is 1.42. The van der Waals surface area contributed by atoms with Crippen LogP contribution >= 0.6 is 11.8 Å². The van der Waals surface area contributed by atoms with Crippen LogP contribution in [0, 0.1) is 17.8 Å². The summed E-state index contributed by atoms with van der Waals surface area (Å²) >= 11 is 1.60. The first-order valence-corrected chi connectivity index (χ1v) is 14.5. The molecule has 3 fully saturated rings.